The molecule has 1 fully saturated rings. The highest BCUT2D eigenvalue weighted by Crippen LogP contribution is 2.21. The summed E-state index contributed by atoms with van der Waals surface area (Å²) in [7, 11) is 0. The van der Waals surface area contributed by atoms with Crippen molar-refractivity contribution >= 4 is 0 Å². The quantitative estimate of drug-likeness (QED) is 0.581. The molecule has 1 heterocycles. The van der Waals surface area contributed by atoms with Crippen molar-refractivity contribution in [3.63, 3.8) is 0 Å². The Kier molecular flexibility index (Phi) is 3.39. The van der Waals surface area contributed by atoms with Crippen molar-refractivity contribution in [1.29, 1.82) is 0 Å². The van der Waals surface area contributed by atoms with Crippen LogP contribution in [0.25, 0.3) is 0 Å². The lowest BCUT2D eigenvalue weighted by Crippen LogP contribution is -2.18. The Balaban J connectivity index is 2.56. The van der Waals surface area contributed by atoms with E-state index in [-0.39, 0.29) is 0 Å². The fourth-order valence-corrected chi connectivity index (χ4v) is 1.76. The van der Waals surface area contributed by atoms with E-state index in [1.807, 2.05) is 0 Å². The van der Waals surface area contributed by atoms with E-state index < -0.39 is 0 Å². The first-order chi connectivity index (χ1) is 5.79. The first kappa shape index (κ1) is 9.37. The standard InChI is InChI=1S/C11H19N/c1-4-11(5-2)10(3)12-8-6-7-9-12/h4H,3,5-9H2,1-2H3/b11-4-. The highest BCUT2D eigenvalue weighted by Gasteiger charge is 2.14. The lowest BCUT2D eigenvalue weighted by atomic mass is 10.1. The van der Waals surface area contributed by atoms with Gasteiger partial charge in [-0.3, -0.25) is 0 Å². The molecule has 1 heteroatoms. The third-order valence-electron chi connectivity index (χ3n) is 2.59. The smallest absolute Gasteiger partial charge is 0.0322 e. The molecule has 1 aliphatic heterocycles. The summed E-state index contributed by atoms with van der Waals surface area (Å²) >= 11 is 0. The van der Waals surface area contributed by atoms with Gasteiger partial charge in [0, 0.05) is 18.8 Å². The number of nitrogens with zero attached hydrogens (tertiary/aromatic N) is 1. The fraction of sp³-hybridized carbons (Fsp3) is 0.636. The average molecular weight is 165 g/mol. The third-order valence-corrected chi connectivity index (χ3v) is 2.59. The number of likely N-dealkylation sites (tertiary alicyclic amines) is 1. The fourth-order valence-electron chi connectivity index (χ4n) is 1.76. The molecule has 0 bridgehead atoms. The Bertz CT molecular complexity index is 185. The van der Waals surface area contributed by atoms with Gasteiger partial charge in [0.05, 0.1) is 0 Å². The topological polar surface area (TPSA) is 3.24 Å². The number of rotatable bonds is 3. The van der Waals surface area contributed by atoms with Crippen LogP contribution in [0.2, 0.25) is 0 Å². The lowest BCUT2D eigenvalue weighted by molar-refractivity contribution is 0.433. The van der Waals surface area contributed by atoms with Gasteiger partial charge in [0.15, 0.2) is 0 Å². The zero-order chi connectivity index (χ0) is 8.97. The highest BCUT2D eigenvalue weighted by molar-refractivity contribution is 5.26. The van der Waals surface area contributed by atoms with Gasteiger partial charge in [-0.1, -0.05) is 19.6 Å². The molecule has 0 aliphatic carbocycles. The van der Waals surface area contributed by atoms with E-state index in [9.17, 15) is 0 Å². The summed E-state index contributed by atoms with van der Waals surface area (Å²) in [5.41, 5.74) is 2.65. The molecule has 12 heavy (non-hydrogen) atoms. The number of hydrogen-bond donors (Lipinski definition) is 0. The summed E-state index contributed by atoms with van der Waals surface area (Å²) < 4.78 is 0. The van der Waals surface area contributed by atoms with Crippen molar-refractivity contribution in [3.05, 3.63) is 23.9 Å². The lowest BCUT2D eigenvalue weighted by Gasteiger charge is -2.21. The molecule has 1 nitrogen and oxygen atoms in total. The molecule has 0 aromatic rings. The summed E-state index contributed by atoms with van der Waals surface area (Å²) in [6.45, 7) is 10.8. The van der Waals surface area contributed by atoms with Crippen LogP contribution >= 0.6 is 0 Å². The van der Waals surface area contributed by atoms with E-state index in [4.69, 9.17) is 0 Å². The minimum absolute atomic E-state index is 1.10. The van der Waals surface area contributed by atoms with E-state index in [0.717, 1.165) is 6.42 Å². The van der Waals surface area contributed by atoms with Crippen molar-refractivity contribution in [1.82, 2.24) is 4.90 Å². The number of hydrogen-bond acceptors (Lipinski definition) is 1. The Morgan fingerprint density at radius 1 is 1.42 bits per heavy atom. The first-order valence-electron chi connectivity index (χ1n) is 4.89. The van der Waals surface area contributed by atoms with Gasteiger partial charge < -0.3 is 4.90 Å². The van der Waals surface area contributed by atoms with E-state index in [1.54, 1.807) is 0 Å². The Labute approximate surface area is 75.8 Å². The predicted molar refractivity (Wildman–Crippen MR) is 54.0 cm³/mol. The molecule has 0 aromatic carbocycles. The Morgan fingerprint density at radius 2 is 2.00 bits per heavy atom. The van der Waals surface area contributed by atoms with Gasteiger partial charge in [-0.2, -0.15) is 0 Å². The summed E-state index contributed by atoms with van der Waals surface area (Å²) in [5, 5.41) is 0. The molecule has 0 atom stereocenters. The van der Waals surface area contributed by atoms with Gasteiger partial charge in [-0.25, -0.2) is 0 Å². The van der Waals surface area contributed by atoms with E-state index in [1.165, 1.54) is 37.2 Å². The minimum atomic E-state index is 1.10. The summed E-state index contributed by atoms with van der Waals surface area (Å²) in [6.07, 6.45) is 5.95. The third kappa shape index (κ3) is 1.90. The van der Waals surface area contributed by atoms with Gasteiger partial charge in [-0.05, 0) is 31.8 Å². The minimum Gasteiger partial charge on any atom is -0.372 e. The zero-order valence-electron chi connectivity index (χ0n) is 8.27. The van der Waals surface area contributed by atoms with Crippen LogP contribution in [0.15, 0.2) is 23.9 Å². The Morgan fingerprint density at radius 3 is 2.42 bits per heavy atom. The number of allylic oxidation sites excluding steroid dienone is 2. The van der Waals surface area contributed by atoms with E-state index in [0.29, 0.717) is 0 Å². The van der Waals surface area contributed by atoms with Crippen LogP contribution in [0.3, 0.4) is 0 Å². The largest absolute Gasteiger partial charge is 0.372 e. The second-order valence-corrected chi connectivity index (χ2v) is 3.31. The van der Waals surface area contributed by atoms with Crippen LogP contribution < -0.4 is 0 Å². The predicted octanol–water partition coefficient (Wildman–Crippen LogP) is 2.95. The highest BCUT2D eigenvalue weighted by atomic mass is 15.1. The van der Waals surface area contributed by atoms with Gasteiger partial charge >= 0.3 is 0 Å². The van der Waals surface area contributed by atoms with Crippen LogP contribution in [-0.4, -0.2) is 18.0 Å². The molecule has 0 N–H and O–H groups in total. The normalized spacial score (nSPS) is 18.5. The molecule has 68 valence electrons. The van der Waals surface area contributed by atoms with E-state index in [2.05, 4.69) is 31.4 Å². The molecule has 1 rings (SSSR count). The summed E-state index contributed by atoms with van der Waals surface area (Å²) in [6, 6.07) is 0. The molecular formula is C11H19N. The van der Waals surface area contributed by atoms with Crippen LogP contribution in [0, 0.1) is 0 Å². The molecule has 0 spiro atoms. The first-order valence-corrected chi connectivity index (χ1v) is 4.89. The SMILES string of the molecule is C=C(/C(=C\C)CC)N1CCCC1. The average Bonchev–Trinajstić information content (AvgIpc) is 2.58. The van der Waals surface area contributed by atoms with Crippen LogP contribution in [0.1, 0.15) is 33.1 Å². The van der Waals surface area contributed by atoms with Gasteiger partial charge in [0.25, 0.3) is 0 Å². The zero-order valence-corrected chi connectivity index (χ0v) is 8.27. The maximum Gasteiger partial charge on any atom is 0.0322 e. The molecule has 0 radical (unpaired) electrons. The molecule has 0 aromatic heterocycles. The molecular weight excluding hydrogens is 146 g/mol. The van der Waals surface area contributed by atoms with Crippen molar-refractivity contribution in [2.45, 2.75) is 33.1 Å². The van der Waals surface area contributed by atoms with Crippen molar-refractivity contribution in [2.75, 3.05) is 13.1 Å². The summed E-state index contributed by atoms with van der Waals surface area (Å²) in [5.74, 6) is 0. The molecule has 1 saturated heterocycles. The van der Waals surface area contributed by atoms with Crippen molar-refractivity contribution < 1.29 is 0 Å². The van der Waals surface area contributed by atoms with Crippen LogP contribution in [0.5, 0.6) is 0 Å². The maximum atomic E-state index is 4.14. The summed E-state index contributed by atoms with van der Waals surface area (Å²) in [4.78, 5) is 2.40. The van der Waals surface area contributed by atoms with Gasteiger partial charge in [0.2, 0.25) is 0 Å². The molecule has 0 unspecified atom stereocenters. The maximum absolute atomic E-state index is 4.14. The molecule has 0 amide bonds. The van der Waals surface area contributed by atoms with Crippen molar-refractivity contribution in [2.24, 2.45) is 0 Å². The van der Waals surface area contributed by atoms with Gasteiger partial charge in [0.1, 0.15) is 0 Å². The van der Waals surface area contributed by atoms with Crippen molar-refractivity contribution in [3.8, 4) is 0 Å². The molecule has 1 aliphatic rings. The second-order valence-electron chi connectivity index (χ2n) is 3.31. The van der Waals surface area contributed by atoms with Crippen LogP contribution in [-0.2, 0) is 0 Å². The van der Waals surface area contributed by atoms with E-state index >= 15 is 0 Å². The monoisotopic (exact) mass is 165 g/mol. The molecule has 0 saturated carbocycles. The second kappa shape index (κ2) is 4.34. The van der Waals surface area contributed by atoms with Crippen LogP contribution in [0.4, 0.5) is 0 Å². The van der Waals surface area contributed by atoms with Gasteiger partial charge in [-0.15, -0.1) is 0 Å². The Hall–Kier alpha value is -0.720.